The van der Waals surface area contributed by atoms with Gasteiger partial charge in [-0.2, -0.15) is 5.26 Å². The first-order valence-electron chi connectivity index (χ1n) is 8.48. The Morgan fingerprint density at radius 2 is 2.00 bits per heavy atom. The number of amides is 1. The average molecular weight is 316 g/mol. The summed E-state index contributed by atoms with van der Waals surface area (Å²) in [5.41, 5.74) is 0.173. The Labute approximate surface area is 137 Å². The zero-order valence-corrected chi connectivity index (χ0v) is 13.8. The van der Waals surface area contributed by atoms with E-state index < -0.39 is 5.41 Å². The summed E-state index contributed by atoms with van der Waals surface area (Å²) in [6.45, 7) is 5.66. The first-order valence-corrected chi connectivity index (χ1v) is 8.48. The third-order valence-electron chi connectivity index (χ3n) is 5.05. The molecule has 1 saturated heterocycles. The molecule has 1 aromatic rings. The van der Waals surface area contributed by atoms with E-state index in [2.05, 4.69) is 16.1 Å². The van der Waals surface area contributed by atoms with Gasteiger partial charge in [0.05, 0.1) is 11.8 Å². The summed E-state index contributed by atoms with van der Waals surface area (Å²) in [6.07, 6.45) is 4.57. The topological polar surface area (TPSA) is 73.4 Å². The van der Waals surface area contributed by atoms with Crippen LogP contribution in [-0.4, -0.2) is 47.0 Å². The largest absolute Gasteiger partial charge is 0.361 e. The van der Waals surface area contributed by atoms with Crippen LogP contribution in [0.3, 0.4) is 0 Å². The van der Waals surface area contributed by atoms with Crippen molar-refractivity contribution in [3.63, 3.8) is 0 Å². The van der Waals surface area contributed by atoms with Gasteiger partial charge in [0, 0.05) is 38.8 Å². The Kier molecular flexibility index (Phi) is 4.67. The number of nitrogens with zero attached hydrogens (tertiary/aromatic N) is 4. The monoisotopic (exact) mass is 316 g/mol. The molecule has 0 atom stereocenters. The van der Waals surface area contributed by atoms with Gasteiger partial charge in [-0.1, -0.05) is 24.4 Å². The summed E-state index contributed by atoms with van der Waals surface area (Å²) in [4.78, 5) is 17.0. The first-order chi connectivity index (χ1) is 11.1. The van der Waals surface area contributed by atoms with E-state index in [4.69, 9.17) is 4.52 Å². The summed E-state index contributed by atoms with van der Waals surface area (Å²) in [5, 5.41) is 13.6. The highest BCUT2D eigenvalue weighted by Gasteiger charge is 2.43. The number of nitriles is 1. The Morgan fingerprint density at radius 3 is 2.57 bits per heavy atom. The fraction of sp³-hybridized carbons (Fsp3) is 0.706. The van der Waals surface area contributed by atoms with Crippen LogP contribution in [0.5, 0.6) is 0 Å². The third-order valence-corrected chi connectivity index (χ3v) is 5.05. The molecule has 2 aliphatic rings. The van der Waals surface area contributed by atoms with Gasteiger partial charge in [0.1, 0.15) is 11.2 Å². The molecule has 0 spiro atoms. The SMILES string of the molecule is Cc1cc(CN2CCN(C(=O)C3(C#N)CCCCC3)CC2)no1. The van der Waals surface area contributed by atoms with Crippen molar-refractivity contribution in [2.45, 2.75) is 45.6 Å². The predicted molar refractivity (Wildman–Crippen MR) is 84.2 cm³/mol. The van der Waals surface area contributed by atoms with Crippen LogP contribution < -0.4 is 0 Å². The van der Waals surface area contributed by atoms with Gasteiger partial charge in [0.2, 0.25) is 5.91 Å². The summed E-state index contributed by atoms with van der Waals surface area (Å²) in [6, 6.07) is 4.29. The molecule has 6 heteroatoms. The average Bonchev–Trinajstić information content (AvgIpc) is 3.00. The van der Waals surface area contributed by atoms with Gasteiger partial charge in [-0.25, -0.2) is 0 Å². The molecule has 0 aromatic carbocycles. The number of rotatable bonds is 3. The van der Waals surface area contributed by atoms with Crippen LogP contribution in [0.15, 0.2) is 10.6 Å². The Bertz CT molecular complexity index is 590. The van der Waals surface area contributed by atoms with Gasteiger partial charge < -0.3 is 9.42 Å². The molecule has 1 amide bonds. The zero-order valence-electron chi connectivity index (χ0n) is 13.8. The number of aryl methyl sites for hydroxylation is 1. The number of aromatic nitrogens is 1. The molecular formula is C17H24N4O2. The van der Waals surface area contributed by atoms with Crippen molar-refractivity contribution in [3.8, 4) is 6.07 Å². The quantitative estimate of drug-likeness (QED) is 0.854. The lowest BCUT2D eigenvalue weighted by atomic mass is 9.74. The maximum Gasteiger partial charge on any atom is 0.243 e. The Morgan fingerprint density at radius 1 is 1.30 bits per heavy atom. The molecule has 23 heavy (non-hydrogen) atoms. The Balaban J connectivity index is 1.56. The molecule has 124 valence electrons. The number of hydrogen-bond donors (Lipinski definition) is 0. The molecule has 1 aromatic heterocycles. The second kappa shape index (κ2) is 6.71. The fourth-order valence-electron chi connectivity index (χ4n) is 3.66. The number of carbonyl (C=O) groups is 1. The highest BCUT2D eigenvalue weighted by atomic mass is 16.5. The molecule has 1 aliphatic carbocycles. The molecule has 2 fully saturated rings. The van der Waals surface area contributed by atoms with Crippen LogP contribution in [0.25, 0.3) is 0 Å². The van der Waals surface area contributed by atoms with E-state index in [1.165, 1.54) is 0 Å². The minimum absolute atomic E-state index is 0.0524. The van der Waals surface area contributed by atoms with Gasteiger partial charge in [0.25, 0.3) is 0 Å². The highest BCUT2D eigenvalue weighted by molar-refractivity contribution is 5.85. The van der Waals surface area contributed by atoms with E-state index in [1.807, 2.05) is 17.9 Å². The van der Waals surface area contributed by atoms with E-state index in [0.717, 1.165) is 63.2 Å². The smallest absolute Gasteiger partial charge is 0.243 e. The van der Waals surface area contributed by atoms with Gasteiger partial charge in [0.15, 0.2) is 0 Å². The molecule has 6 nitrogen and oxygen atoms in total. The maximum atomic E-state index is 12.8. The van der Waals surface area contributed by atoms with Crippen LogP contribution in [-0.2, 0) is 11.3 Å². The molecule has 3 rings (SSSR count). The van der Waals surface area contributed by atoms with Crippen LogP contribution in [0.2, 0.25) is 0 Å². The highest BCUT2D eigenvalue weighted by Crippen LogP contribution is 2.37. The second-order valence-electron chi connectivity index (χ2n) is 6.75. The lowest BCUT2D eigenvalue weighted by molar-refractivity contribution is -0.142. The van der Waals surface area contributed by atoms with Gasteiger partial charge >= 0.3 is 0 Å². The molecule has 0 N–H and O–H groups in total. The molecule has 0 bridgehead atoms. The molecule has 1 aliphatic heterocycles. The predicted octanol–water partition coefficient (Wildman–Crippen LogP) is 2.10. The van der Waals surface area contributed by atoms with Crippen LogP contribution >= 0.6 is 0 Å². The van der Waals surface area contributed by atoms with Crippen molar-refractivity contribution >= 4 is 5.91 Å². The van der Waals surface area contributed by atoms with E-state index in [9.17, 15) is 10.1 Å². The molecule has 0 radical (unpaired) electrons. The van der Waals surface area contributed by atoms with E-state index in [0.29, 0.717) is 13.1 Å². The van der Waals surface area contributed by atoms with E-state index in [1.54, 1.807) is 0 Å². The van der Waals surface area contributed by atoms with Crippen molar-refractivity contribution in [3.05, 3.63) is 17.5 Å². The lowest BCUT2D eigenvalue weighted by Gasteiger charge is -2.39. The fourth-order valence-corrected chi connectivity index (χ4v) is 3.66. The number of hydrogen-bond acceptors (Lipinski definition) is 5. The summed E-state index contributed by atoms with van der Waals surface area (Å²) in [5.74, 6) is 0.874. The number of piperazine rings is 1. The second-order valence-corrected chi connectivity index (χ2v) is 6.75. The molecule has 1 saturated carbocycles. The molecular weight excluding hydrogens is 292 g/mol. The molecule has 2 heterocycles. The van der Waals surface area contributed by atoms with Crippen LogP contribution in [0.4, 0.5) is 0 Å². The van der Waals surface area contributed by atoms with E-state index in [-0.39, 0.29) is 5.91 Å². The van der Waals surface area contributed by atoms with Crippen molar-refractivity contribution in [2.75, 3.05) is 26.2 Å². The van der Waals surface area contributed by atoms with Crippen molar-refractivity contribution < 1.29 is 9.32 Å². The summed E-state index contributed by atoms with van der Waals surface area (Å²) < 4.78 is 5.10. The first kappa shape index (κ1) is 16.0. The van der Waals surface area contributed by atoms with Gasteiger partial charge in [-0.15, -0.1) is 0 Å². The number of carbonyl (C=O) groups excluding carboxylic acids is 1. The van der Waals surface area contributed by atoms with Gasteiger partial charge in [-0.3, -0.25) is 9.69 Å². The van der Waals surface area contributed by atoms with Crippen molar-refractivity contribution in [1.29, 1.82) is 5.26 Å². The maximum absolute atomic E-state index is 12.8. The third kappa shape index (κ3) is 3.40. The summed E-state index contributed by atoms with van der Waals surface area (Å²) >= 11 is 0. The normalized spacial score (nSPS) is 21.8. The molecule has 0 unspecified atom stereocenters. The van der Waals surface area contributed by atoms with E-state index >= 15 is 0 Å². The van der Waals surface area contributed by atoms with Gasteiger partial charge in [-0.05, 0) is 19.8 Å². The van der Waals surface area contributed by atoms with Crippen LogP contribution in [0, 0.1) is 23.7 Å². The van der Waals surface area contributed by atoms with Crippen molar-refractivity contribution in [2.24, 2.45) is 5.41 Å². The minimum atomic E-state index is -0.760. The summed E-state index contributed by atoms with van der Waals surface area (Å²) in [7, 11) is 0. The zero-order chi connectivity index (χ0) is 16.3. The Hall–Kier alpha value is -1.87. The van der Waals surface area contributed by atoms with Crippen molar-refractivity contribution in [1.82, 2.24) is 15.0 Å². The lowest BCUT2D eigenvalue weighted by Crippen LogP contribution is -2.53. The standard InChI is InChI=1S/C17H24N4O2/c1-14-11-15(19-23-14)12-20-7-9-21(10-8-20)16(22)17(13-18)5-3-2-4-6-17/h11H,2-10,12H2,1H3. The minimum Gasteiger partial charge on any atom is -0.361 e. The van der Waals surface area contributed by atoms with Crippen LogP contribution in [0.1, 0.15) is 43.6 Å².